The van der Waals surface area contributed by atoms with E-state index < -0.39 is 0 Å². The van der Waals surface area contributed by atoms with Crippen LogP contribution in [0.2, 0.25) is 0 Å². The summed E-state index contributed by atoms with van der Waals surface area (Å²) < 4.78 is 2.20. The van der Waals surface area contributed by atoms with E-state index in [1.54, 1.807) is 0 Å². The lowest BCUT2D eigenvalue weighted by Gasteiger charge is -2.11. The number of allylic oxidation sites excluding steroid dienone is 1. The molecule has 4 rings (SSSR count). The second-order valence-corrected chi connectivity index (χ2v) is 6.24. The molecule has 0 unspecified atom stereocenters. The van der Waals surface area contributed by atoms with Gasteiger partial charge < -0.3 is 5.73 Å². The molecule has 4 aromatic rings. The van der Waals surface area contributed by atoms with E-state index in [1.807, 2.05) is 36.4 Å². The van der Waals surface area contributed by atoms with E-state index in [1.165, 1.54) is 0 Å². The maximum atomic E-state index is 6.13. The molecule has 0 radical (unpaired) electrons. The highest BCUT2D eigenvalue weighted by Crippen LogP contribution is 2.28. The number of hydrogen-bond acceptors (Lipinski definition) is 2. The second kappa shape index (κ2) is 6.89. The van der Waals surface area contributed by atoms with Gasteiger partial charge in [-0.1, -0.05) is 67.6 Å². The molecule has 0 bridgehead atoms. The number of nitrogens with zero attached hydrogens (tertiary/aromatic N) is 2. The zero-order valence-corrected chi connectivity index (χ0v) is 14.8. The van der Waals surface area contributed by atoms with E-state index in [0.29, 0.717) is 0 Å². The Morgan fingerprint density at radius 3 is 2.35 bits per heavy atom. The van der Waals surface area contributed by atoms with E-state index in [-0.39, 0.29) is 0 Å². The normalized spacial score (nSPS) is 11.8. The van der Waals surface area contributed by atoms with Crippen molar-refractivity contribution in [1.82, 2.24) is 9.55 Å². The summed E-state index contributed by atoms with van der Waals surface area (Å²) in [5.41, 5.74) is 12.2. The number of benzene rings is 3. The fourth-order valence-corrected chi connectivity index (χ4v) is 3.21. The fourth-order valence-electron chi connectivity index (χ4n) is 3.21. The Hall–Kier alpha value is -3.33. The molecule has 3 aromatic carbocycles. The molecule has 0 amide bonds. The average molecular weight is 339 g/mol. The summed E-state index contributed by atoms with van der Waals surface area (Å²) in [6.45, 7) is 2.09. The van der Waals surface area contributed by atoms with Crippen LogP contribution in [0.3, 0.4) is 0 Å². The Kier molecular flexibility index (Phi) is 4.28. The van der Waals surface area contributed by atoms with Crippen LogP contribution in [0.25, 0.3) is 33.8 Å². The first-order valence-electron chi connectivity index (χ1n) is 8.87. The van der Waals surface area contributed by atoms with Crippen LogP contribution in [0.4, 0.5) is 0 Å². The molecule has 0 fully saturated rings. The summed E-state index contributed by atoms with van der Waals surface area (Å²) in [7, 11) is 0. The molecule has 0 atom stereocenters. The lowest BCUT2D eigenvalue weighted by molar-refractivity contribution is 1.10. The zero-order valence-electron chi connectivity index (χ0n) is 14.8. The maximum absolute atomic E-state index is 6.13. The molecular weight excluding hydrogens is 318 g/mol. The van der Waals surface area contributed by atoms with E-state index >= 15 is 0 Å². The SMILES string of the molecule is CC/C=C(\N)c1ccc(-n2c(-c3ccccc3)nc3ccccc32)cc1. The van der Waals surface area contributed by atoms with Crippen LogP contribution in [0.1, 0.15) is 18.9 Å². The van der Waals surface area contributed by atoms with Gasteiger partial charge in [0.25, 0.3) is 0 Å². The van der Waals surface area contributed by atoms with Crippen LogP contribution in [-0.4, -0.2) is 9.55 Å². The zero-order chi connectivity index (χ0) is 17.9. The maximum Gasteiger partial charge on any atom is 0.145 e. The Bertz CT molecular complexity index is 1060. The largest absolute Gasteiger partial charge is 0.399 e. The van der Waals surface area contributed by atoms with Crippen molar-refractivity contribution in [1.29, 1.82) is 0 Å². The molecule has 1 aromatic heterocycles. The Labute approximate surface area is 153 Å². The van der Waals surface area contributed by atoms with Gasteiger partial charge in [0.05, 0.1) is 11.0 Å². The van der Waals surface area contributed by atoms with Crippen LogP contribution >= 0.6 is 0 Å². The number of nitrogens with two attached hydrogens (primary N) is 1. The highest BCUT2D eigenvalue weighted by Gasteiger charge is 2.13. The first-order chi connectivity index (χ1) is 12.8. The van der Waals surface area contributed by atoms with E-state index in [2.05, 4.69) is 60.0 Å². The van der Waals surface area contributed by atoms with Gasteiger partial charge in [-0.15, -0.1) is 0 Å². The van der Waals surface area contributed by atoms with Gasteiger partial charge in [-0.25, -0.2) is 4.98 Å². The summed E-state index contributed by atoms with van der Waals surface area (Å²) in [5.74, 6) is 0.941. The van der Waals surface area contributed by atoms with Crippen LogP contribution < -0.4 is 5.73 Å². The predicted octanol–water partition coefficient (Wildman–Crippen LogP) is 5.40. The van der Waals surface area contributed by atoms with Crippen LogP contribution in [0.5, 0.6) is 0 Å². The molecule has 0 aliphatic heterocycles. The fraction of sp³-hybridized carbons (Fsp3) is 0.0870. The smallest absolute Gasteiger partial charge is 0.145 e. The number of para-hydroxylation sites is 2. The summed E-state index contributed by atoms with van der Waals surface area (Å²) in [6.07, 6.45) is 2.97. The third-order valence-corrected chi connectivity index (χ3v) is 4.48. The van der Waals surface area contributed by atoms with Gasteiger partial charge in [0.1, 0.15) is 5.82 Å². The Morgan fingerprint density at radius 1 is 0.923 bits per heavy atom. The highest BCUT2D eigenvalue weighted by molar-refractivity contribution is 5.83. The van der Waals surface area contributed by atoms with Crippen LogP contribution in [0.15, 0.2) is 84.9 Å². The number of rotatable bonds is 4. The van der Waals surface area contributed by atoms with E-state index in [4.69, 9.17) is 10.7 Å². The topological polar surface area (TPSA) is 43.8 Å². The molecular formula is C23H21N3. The third-order valence-electron chi connectivity index (χ3n) is 4.48. The summed E-state index contributed by atoms with van der Waals surface area (Å²) in [4.78, 5) is 4.87. The van der Waals surface area contributed by atoms with Gasteiger partial charge in [-0.05, 0) is 36.2 Å². The van der Waals surface area contributed by atoms with E-state index in [9.17, 15) is 0 Å². The van der Waals surface area contributed by atoms with Gasteiger partial charge in [-0.3, -0.25) is 4.57 Å². The van der Waals surface area contributed by atoms with Crippen molar-refractivity contribution in [3.63, 3.8) is 0 Å². The second-order valence-electron chi connectivity index (χ2n) is 6.24. The summed E-state index contributed by atoms with van der Waals surface area (Å²) >= 11 is 0. The number of fused-ring (bicyclic) bond motifs is 1. The molecule has 26 heavy (non-hydrogen) atoms. The molecule has 1 heterocycles. The van der Waals surface area contributed by atoms with Crippen molar-refractivity contribution in [3.8, 4) is 17.1 Å². The monoisotopic (exact) mass is 339 g/mol. The van der Waals surface area contributed by atoms with Gasteiger partial charge in [0.15, 0.2) is 0 Å². The molecule has 0 aliphatic rings. The van der Waals surface area contributed by atoms with Crippen molar-refractivity contribution < 1.29 is 0 Å². The van der Waals surface area contributed by atoms with Gasteiger partial charge in [0, 0.05) is 16.9 Å². The van der Waals surface area contributed by atoms with Crippen LogP contribution in [-0.2, 0) is 0 Å². The lowest BCUT2D eigenvalue weighted by atomic mass is 10.1. The molecule has 3 heteroatoms. The minimum Gasteiger partial charge on any atom is -0.399 e. The molecule has 2 N–H and O–H groups in total. The average Bonchev–Trinajstić information content (AvgIpc) is 3.08. The lowest BCUT2D eigenvalue weighted by Crippen LogP contribution is -2.00. The van der Waals surface area contributed by atoms with E-state index in [0.717, 1.165) is 45.8 Å². The van der Waals surface area contributed by atoms with Gasteiger partial charge in [0.2, 0.25) is 0 Å². The minimum atomic E-state index is 0.817. The predicted molar refractivity (Wildman–Crippen MR) is 109 cm³/mol. The van der Waals surface area contributed by atoms with Crippen molar-refractivity contribution in [2.75, 3.05) is 0 Å². The summed E-state index contributed by atoms with van der Waals surface area (Å²) in [6, 6.07) is 26.9. The molecule has 0 aliphatic carbocycles. The van der Waals surface area contributed by atoms with Crippen molar-refractivity contribution in [2.24, 2.45) is 5.73 Å². The first-order valence-corrected chi connectivity index (χ1v) is 8.87. The Balaban J connectivity index is 1.89. The first kappa shape index (κ1) is 16.2. The minimum absolute atomic E-state index is 0.817. The van der Waals surface area contributed by atoms with Crippen molar-refractivity contribution in [3.05, 3.63) is 90.5 Å². The molecule has 0 saturated heterocycles. The number of aromatic nitrogens is 2. The van der Waals surface area contributed by atoms with Crippen LogP contribution in [0, 0.1) is 0 Å². The third kappa shape index (κ3) is 2.88. The van der Waals surface area contributed by atoms with Crippen molar-refractivity contribution >= 4 is 16.7 Å². The standard InChI is InChI=1S/C23H21N3/c1-2-8-20(24)17-13-15-19(16-14-17)26-22-12-7-6-11-21(22)25-23(26)18-9-4-3-5-10-18/h3-16H,2,24H2,1H3/b20-8-. The van der Waals surface area contributed by atoms with Crippen molar-refractivity contribution in [2.45, 2.75) is 13.3 Å². The highest BCUT2D eigenvalue weighted by atomic mass is 15.1. The molecule has 128 valence electrons. The molecule has 3 nitrogen and oxygen atoms in total. The Morgan fingerprint density at radius 2 is 1.62 bits per heavy atom. The quantitative estimate of drug-likeness (QED) is 0.541. The van der Waals surface area contributed by atoms with Gasteiger partial charge >= 0.3 is 0 Å². The molecule has 0 saturated carbocycles. The summed E-state index contributed by atoms with van der Waals surface area (Å²) in [5, 5.41) is 0. The number of hydrogen-bond donors (Lipinski definition) is 1. The molecule has 0 spiro atoms. The van der Waals surface area contributed by atoms with Gasteiger partial charge in [-0.2, -0.15) is 0 Å². The number of imidazole rings is 1.